The number of unbranched alkanes of at least 4 members (excludes halogenated alkanes) is 2. The molecule has 0 saturated carbocycles. The van der Waals surface area contributed by atoms with Crippen LogP contribution >= 0.6 is 0 Å². The number of nitrogens with one attached hydrogen (secondary N) is 1. The van der Waals surface area contributed by atoms with E-state index in [-0.39, 0.29) is 19.6 Å². The number of nitrogens with zero attached hydrogens (tertiary/aromatic N) is 1. The fraction of sp³-hybridized carbons (Fsp3) is 0.611. The standard InChI is InChI=1S/C18H32N2O7Si/c1-4-20(17-11-7-5-8-12-17)18(21)19-13-9-6-10-14-24-27-28(25-15-22-2)26-16-23-3/h5,7-8,11-12,28H,4,6,9-10,13-16H2,1-3H3,(H,19,21). The van der Waals surface area contributed by atoms with Crippen molar-refractivity contribution in [3.8, 4) is 0 Å². The Kier molecular flexibility index (Phi) is 14.4. The maximum Gasteiger partial charge on any atom is 0.517 e. The van der Waals surface area contributed by atoms with Gasteiger partial charge >= 0.3 is 15.6 Å². The van der Waals surface area contributed by atoms with Gasteiger partial charge in [0.1, 0.15) is 13.6 Å². The van der Waals surface area contributed by atoms with Gasteiger partial charge in [-0.1, -0.05) is 18.2 Å². The van der Waals surface area contributed by atoms with Crippen LogP contribution in [-0.2, 0) is 27.8 Å². The van der Waals surface area contributed by atoms with E-state index in [9.17, 15) is 4.79 Å². The van der Waals surface area contributed by atoms with Gasteiger partial charge < -0.3 is 23.6 Å². The van der Waals surface area contributed by atoms with Crippen molar-refractivity contribution in [2.24, 2.45) is 0 Å². The van der Waals surface area contributed by atoms with E-state index in [2.05, 4.69) is 5.32 Å². The van der Waals surface area contributed by atoms with Gasteiger partial charge in [-0.2, -0.15) is 0 Å². The molecule has 28 heavy (non-hydrogen) atoms. The fourth-order valence-corrected chi connectivity index (χ4v) is 3.17. The second-order valence-electron chi connectivity index (χ2n) is 5.73. The van der Waals surface area contributed by atoms with Gasteiger partial charge in [0, 0.05) is 33.0 Å². The summed E-state index contributed by atoms with van der Waals surface area (Å²) in [5.41, 5.74) is 0.887. The molecule has 0 spiro atoms. The molecule has 0 bridgehead atoms. The van der Waals surface area contributed by atoms with Crippen LogP contribution in [0.2, 0.25) is 0 Å². The zero-order chi connectivity index (χ0) is 20.5. The average Bonchev–Trinajstić information content (AvgIpc) is 2.72. The van der Waals surface area contributed by atoms with Crippen molar-refractivity contribution >= 4 is 21.2 Å². The molecular formula is C18H32N2O7Si. The molecule has 9 nitrogen and oxygen atoms in total. The van der Waals surface area contributed by atoms with Crippen molar-refractivity contribution in [3.63, 3.8) is 0 Å². The summed E-state index contributed by atoms with van der Waals surface area (Å²) in [6, 6.07) is 9.52. The van der Waals surface area contributed by atoms with Crippen molar-refractivity contribution in [2.75, 3.05) is 52.4 Å². The van der Waals surface area contributed by atoms with Crippen LogP contribution in [0.3, 0.4) is 0 Å². The molecule has 0 heterocycles. The number of methoxy groups -OCH3 is 2. The number of para-hydroxylation sites is 1. The Morgan fingerprint density at radius 2 is 1.71 bits per heavy atom. The number of hydrogen-bond donors (Lipinski definition) is 1. The summed E-state index contributed by atoms with van der Waals surface area (Å²) in [6.45, 7) is 3.72. The maximum atomic E-state index is 12.3. The highest BCUT2D eigenvalue weighted by molar-refractivity contribution is 6.35. The minimum atomic E-state index is -2.43. The second-order valence-corrected chi connectivity index (χ2v) is 7.16. The van der Waals surface area contributed by atoms with Crippen molar-refractivity contribution < 1.29 is 32.6 Å². The number of anilines is 1. The molecular weight excluding hydrogens is 384 g/mol. The molecule has 10 heteroatoms. The van der Waals surface area contributed by atoms with Crippen LogP contribution in [0.5, 0.6) is 0 Å². The Morgan fingerprint density at radius 1 is 1.04 bits per heavy atom. The van der Waals surface area contributed by atoms with Crippen LogP contribution in [-0.4, -0.2) is 63.1 Å². The number of hydrogen-bond acceptors (Lipinski definition) is 7. The minimum absolute atomic E-state index is 0.0709. The SMILES string of the molecule is CCN(C(=O)NCCCCCOO[SiH](OCOC)OCOC)c1ccccc1. The Balaban J connectivity index is 2.11. The van der Waals surface area contributed by atoms with E-state index >= 15 is 0 Å². The van der Waals surface area contributed by atoms with E-state index in [0.717, 1.165) is 24.9 Å². The number of urea groups is 1. The Hall–Kier alpha value is -1.53. The first kappa shape index (κ1) is 24.5. The molecule has 0 radical (unpaired) electrons. The van der Waals surface area contributed by atoms with Gasteiger partial charge in [-0.05, 0) is 38.3 Å². The highest BCUT2D eigenvalue weighted by Gasteiger charge is 2.17. The molecule has 1 rings (SSSR count). The highest BCUT2D eigenvalue weighted by atomic mass is 28.3. The lowest BCUT2D eigenvalue weighted by molar-refractivity contribution is -0.249. The monoisotopic (exact) mass is 416 g/mol. The number of carbonyl (C=O) groups is 1. The predicted octanol–water partition coefficient (Wildman–Crippen LogP) is 2.30. The van der Waals surface area contributed by atoms with Gasteiger partial charge in [0.15, 0.2) is 0 Å². The number of benzene rings is 1. The molecule has 0 saturated heterocycles. The normalized spacial score (nSPS) is 11.0. The third-order valence-corrected chi connectivity index (χ3v) is 4.71. The first-order valence-corrected chi connectivity index (χ1v) is 10.7. The molecule has 0 atom stereocenters. The molecule has 0 aliphatic rings. The average molecular weight is 417 g/mol. The quantitative estimate of drug-likeness (QED) is 0.145. The lowest BCUT2D eigenvalue weighted by atomic mass is 10.2. The lowest BCUT2D eigenvalue weighted by Gasteiger charge is -2.21. The summed E-state index contributed by atoms with van der Waals surface area (Å²) < 4.78 is 25.3. The van der Waals surface area contributed by atoms with Crippen molar-refractivity contribution in [1.29, 1.82) is 0 Å². The summed E-state index contributed by atoms with van der Waals surface area (Å²) in [6.07, 6.45) is 2.54. The fourth-order valence-electron chi connectivity index (χ4n) is 2.26. The molecule has 160 valence electrons. The van der Waals surface area contributed by atoms with Gasteiger partial charge in [0.25, 0.3) is 0 Å². The molecule has 0 aliphatic heterocycles. The number of amides is 2. The third-order valence-electron chi connectivity index (χ3n) is 3.60. The van der Waals surface area contributed by atoms with E-state index in [0.29, 0.717) is 19.7 Å². The van der Waals surface area contributed by atoms with Gasteiger partial charge in [-0.25, -0.2) is 14.3 Å². The molecule has 0 unspecified atom stereocenters. The summed E-state index contributed by atoms with van der Waals surface area (Å²) in [4.78, 5) is 19.1. The summed E-state index contributed by atoms with van der Waals surface area (Å²) in [7, 11) is 0.602. The lowest BCUT2D eigenvalue weighted by Crippen LogP contribution is -2.40. The van der Waals surface area contributed by atoms with Crippen LogP contribution in [0.4, 0.5) is 10.5 Å². The highest BCUT2D eigenvalue weighted by Crippen LogP contribution is 2.12. The van der Waals surface area contributed by atoms with Crippen molar-refractivity contribution in [3.05, 3.63) is 30.3 Å². The van der Waals surface area contributed by atoms with Crippen LogP contribution in [0.15, 0.2) is 30.3 Å². The van der Waals surface area contributed by atoms with E-state index in [4.69, 9.17) is 27.8 Å². The summed E-state index contributed by atoms with van der Waals surface area (Å²) in [5, 5.41) is 2.94. The van der Waals surface area contributed by atoms with Gasteiger partial charge in [-0.15, -0.1) is 0 Å². The van der Waals surface area contributed by atoms with Crippen LogP contribution < -0.4 is 10.2 Å². The third kappa shape index (κ3) is 10.7. The minimum Gasteiger partial charge on any atom is -0.360 e. The maximum absolute atomic E-state index is 12.3. The first-order valence-electron chi connectivity index (χ1n) is 9.32. The summed E-state index contributed by atoms with van der Waals surface area (Å²) >= 11 is 0. The Bertz CT molecular complexity index is 502. The van der Waals surface area contributed by atoms with E-state index in [1.165, 1.54) is 14.2 Å². The van der Waals surface area contributed by atoms with Crippen molar-refractivity contribution in [2.45, 2.75) is 26.2 Å². The molecule has 1 aromatic carbocycles. The second kappa shape index (κ2) is 16.4. The molecule has 0 aliphatic carbocycles. The van der Waals surface area contributed by atoms with Gasteiger partial charge in [0.2, 0.25) is 0 Å². The molecule has 0 fully saturated rings. The number of carbonyl (C=O) groups excluding carboxylic acids is 1. The van der Waals surface area contributed by atoms with Crippen LogP contribution in [0, 0.1) is 0 Å². The van der Waals surface area contributed by atoms with E-state index < -0.39 is 9.53 Å². The van der Waals surface area contributed by atoms with E-state index in [1.54, 1.807) is 4.90 Å². The van der Waals surface area contributed by atoms with Crippen LogP contribution in [0.1, 0.15) is 26.2 Å². The molecule has 1 aromatic rings. The largest absolute Gasteiger partial charge is 0.517 e. The van der Waals surface area contributed by atoms with Gasteiger partial charge in [0.05, 0.1) is 6.61 Å². The van der Waals surface area contributed by atoms with Gasteiger partial charge in [-0.3, -0.25) is 4.90 Å². The molecule has 1 N–H and O–H groups in total. The number of ether oxygens (including phenoxy) is 2. The molecule has 2 amide bonds. The predicted molar refractivity (Wildman–Crippen MR) is 107 cm³/mol. The van der Waals surface area contributed by atoms with E-state index in [1.807, 2.05) is 37.3 Å². The zero-order valence-electron chi connectivity index (χ0n) is 16.9. The smallest absolute Gasteiger partial charge is 0.360 e. The Morgan fingerprint density at radius 3 is 2.32 bits per heavy atom. The Labute approximate surface area is 168 Å². The topological polar surface area (TPSA) is 87.7 Å². The number of rotatable bonds is 16. The summed E-state index contributed by atoms with van der Waals surface area (Å²) in [5.74, 6) is 0. The van der Waals surface area contributed by atoms with Crippen LogP contribution in [0.25, 0.3) is 0 Å². The first-order chi connectivity index (χ1) is 13.7. The van der Waals surface area contributed by atoms with Crippen molar-refractivity contribution in [1.82, 2.24) is 5.32 Å². The molecule has 0 aromatic heterocycles. The zero-order valence-corrected chi connectivity index (χ0v) is 18.1.